The van der Waals surface area contributed by atoms with Gasteiger partial charge in [0, 0.05) is 6.42 Å². The first-order valence-electron chi connectivity index (χ1n) is 15.0. The number of nitrogen functional groups attached to an aromatic ring is 1. The van der Waals surface area contributed by atoms with Gasteiger partial charge in [-0.05, 0) is 6.42 Å². The highest BCUT2D eigenvalue weighted by molar-refractivity contribution is 7.61. The number of aliphatic hydroxyl groups is 4. The number of hydrogen-bond acceptors (Lipinski definition) is 17. The lowest BCUT2D eigenvalue weighted by molar-refractivity contribution is -0.173. The molecule has 4 rings (SSSR count). The summed E-state index contributed by atoms with van der Waals surface area (Å²) in [5.41, 5.74) is 6.12. The highest BCUT2D eigenvalue weighted by Crippen LogP contribution is 2.60. The van der Waals surface area contributed by atoms with E-state index < -0.39 is 84.0 Å². The van der Waals surface area contributed by atoms with Crippen molar-refractivity contribution in [2.45, 2.75) is 107 Å². The molecule has 47 heavy (non-hydrogen) atoms. The number of ether oxygens (including phenoxy) is 3. The first-order chi connectivity index (χ1) is 22.2. The quantitative estimate of drug-likeness (QED) is 0.0625. The van der Waals surface area contributed by atoms with Crippen molar-refractivity contribution >= 4 is 38.6 Å². The third-order valence-corrected chi connectivity index (χ3v) is 10.2. The van der Waals surface area contributed by atoms with Crippen molar-refractivity contribution in [1.29, 1.82) is 0 Å². The zero-order chi connectivity index (χ0) is 34.4. The number of aliphatic hydroxyl groups excluding tert-OH is 4. The number of rotatable bonds is 18. The summed E-state index contributed by atoms with van der Waals surface area (Å²) in [4.78, 5) is 44.1. The Morgan fingerprint density at radius 2 is 1.51 bits per heavy atom. The Morgan fingerprint density at radius 3 is 2.17 bits per heavy atom. The highest BCUT2D eigenvalue weighted by atomic mass is 31.3. The fourth-order valence-electron chi connectivity index (χ4n) is 5.09. The van der Waals surface area contributed by atoms with E-state index in [9.17, 15) is 44.1 Å². The highest BCUT2D eigenvalue weighted by Gasteiger charge is 2.48. The van der Waals surface area contributed by atoms with E-state index in [0.717, 1.165) is 44.9 Å². The van der Waals surface area contributed by atoms with Crippen LogP contribution < -0.4 is 5.73 Å². The molecule has 2 saturated heterocycles. The van der Waals surface area contributed by atoms with Crippen LogP contribution in [0.3, 0.4) is 0 Å². The summed E-state index contributed by atoms with van der Waals surface area (Å²) in [6, 6.07) is 0. The molecule has 0 amide bonds. The van der Waals surface area contributed by atoms with Gasteiger partial charge in [0.25, 0.3) is 0 Å². The third kappa shape index (κ3) is 9.95. The Labute approximate surface area is 269 Å². The Morgan fingerprint density at radius 1 is 0.894 bits per heavy atom. The van der Waals surface area contributed by atoms with Crippen LogP contribution in [0.25, 0.3) is 11.2 Å². The molecule has 22 heteroatoms. The van der Waals surface area contributed by atoms with Gasteiger partial charge in [0.1, 0.15) is 42.4 Å². The molecule has 3 unspecified atom stereocenters. The fourth-order valence-corrected chi connectivity index (χ4v) is 7.18. The predicted molar refractivity (Wildman–Crippen MR) is 158 cm³/mol. The molecule has 2 fully saturated rings. The largest absolute Gasteiger partial charge is 0.481 e. The summed E-state index contributed by atoms with van der Waals surface area (Å²) in [6.07, 6.45) is -3.12. The van der Waals surface area contributed by atoms with Crippen LogP contribution in [0.5, 0.6) is 0 Å². The monoisotopic (exact) mass is 713 g/mol. The number of nitrogens with zero attached hydrogens (tertiary/aromatic N) is 4. The topological polar surface area (TPSA) is 298 Å². The summed E-state index contributed by atoms with van der Waals surface area (Å²) in [5.74, 6) is -0.619. The van der Waals surface area contributed by atoms with Gasteiger partial charge in [-0.25, -0.2) is 24.1 Å². The van der Waals surface area contributed by atoms with Gasteiger partial charge >= 0.3 is 21.6 Å². The lowest BCUT2D eigenvalue weighted by Gasteiger charge is -2.21. The van der Waals surface area contributed by atoms with E-state index in [1.54, 1.807) is 0 Å². The number of esters is 1. The zero-order valence-electron chi connectivity index (χ0n) is 25.5. The molecular weight excluding hydrogens is 672 g/mol. The number of hydrogen-bond donors (Lipinski definition) is 7. The molecule has 2 aliphatic rings. The molecule has 0 spiro atoms. The number of imidazole rings is 1. The molecule has 2 aromatic heterocycles. The van der Waals surface area contributed by atoms with E-state index in [1.807, 2.05) is 0 Å². The summed E-state index contributed by atoms with van der Waals surface area (Å²) in [5, 5.41) is 41.5. The molecule has 2 aliphatic heterocycles. The number of carbonyl (C=O) groups is 1. The van der Waals surface area contributed by atoms with Crippen molar-refractivity contribution in [2.24, 2.45) is 0 Å². The normalized spacial score (nSPS) is 30.4. The minimum Gasteiger partial charge on any atom is -0.454 e. The Balaban J connectivity index is 1.21. The predicted octanol–water partition coefficient (Wildman–Crippen LogP) is 0.409. The van der Waals surface area contributed by atoms with Crippen molar-refractivity contribution in [3.63, 3.8) is 0 Å². The summed E-state index contributed by atoms with van der Waals surface area (Å²) in [6.45, 7) is 0.296. The van der Waals surface area contributed by atoms with E-state index in [2.05, 4.69) is 30.7 Å². The number of nitrogens with two attached hydrogens (primary N) is 1. The van der Waals surface area contributed by atoms with E-state index >= 15 is 0 Å². The van der Waals surface area contributed by atoms with Crippen LogP contribution in [0, 0.1) is 0 Å². The summed E-state index contributed by atoms with van der Waals surface area (Å²) >= 11 is 0. The molecular formula is C25H41N5O15P2. The molecule has 20 nitrogen and oxygen atoms in total. The number of phosphoric acid groups is 2. The average Bonchev–Trinajstić information content (AvgIpc) is 3.64. The smallest absolute Gasteiger partial charge is 0.454 e. The van der Waals surface area contributed by atoms with Crippen LogP contribution >= 0.6 is 15.6 Å². The van der Waals surface area contributed by atoms with Crippen LogP contribution in [0.4, 0.5) is 5.82 Å². The molecule has 10 atom stereocenters. The Hall–Kier alpha value is -2.16. The van der Waals surface area contributed by atoms with E-state index in [-0.39, 0.29) is 23.4 Å². The van der Waals surface area contributed by atoms with Gasteiger partial charge in [-0.1, -0.05) is 45.4 Å². The van der Waals surface area contributed by atoms with E-state index in [4.69, 9.17) is 24.5 Å². The first kappa shape index (κ1) is 37.7. The van der Waals surface area contributed by atoms with Crippen LogP contribution in [0.1, 0.15) is 64.5 Å². The van der Waals surface area contributed by atoms with Crippen LogP contribution in [-0.2, 0) is 41.5 Å². The molecule has 0 bridgehead atoms. The van der Waals surface area contributed by atoms with Gasteiger partial charge in [-0.2, -0.15) is 4.31 Å². The number of unbranched alkanes of at least 4 members (excludes halogenated alkanes) is 6. The third-order valence-electron chi connectivity index (χ3n) is 7.57. The standard InChI is InChI=1S/C25H41N5O15P2/c1-2-3-4-5-6-7-8-9-16(31)44-21-19(33)15(43-25(21)35)11-41-47(38,39)45-46(36,37)40-10-14-18(32)20(34)24(42-14)30-13-29-17-22(26)27-12-28-23(17)30/h12-15,18-21,24-25,32-35H,2-11H2,1H3,(H,36,37)(H,38,39)(H2,26,27,28)/t14-,15-,18-,19-,20-,21-,24-,25?/m1/s1. The second kappa shape index (κ2) is 16.5. The van der Waals surface area contributed by atoms with E-state index in [1.165, 1.54) is 10.9 Å². The second-order valence-electron chi connectivity index (χ2n) is 11.1. The molecule has 0 radical (unpaired) electrons. The SMILES string of the molecule is CCCCCCCCCC(=O)O[C@H]1C(O)O[C@H](COP(=O)(O)OP(=O)(O)OC[C@H]2O[C@@H](n3cnc4c(N)ncnc43)[C@H](O)[C@@H]2O)[C@H]1O. The van der Waals surface area contributed by atoms with Gasteiger partial charge in [0.05, 0.1) is 19.5 Å². The van der Waals surface area contributed by atoms with Crippen LogP contribution in [0.15, 0.2) is 12.7 Å². The molecule has 0 aromatic carbocycles. The number of phosphoric ester groups is 2. The molecule has 266 valence electrons. The van der Waals surface area contributed by atoms with Crippen molar-refractivity contribution in [2.75, 3.05) is 18.9 Å². The molecule has 0 aliphatic carbocycles. The Kier molecular flexibility index (Phi) is 13.2. The van der Waals surface area contributed by atoms with Crippen LogP contribution in [-0.4, -0.2) is 112 Å². The van der Waals surface area contributed by atoms with Crippen molar-refractivity contribution in [3.8, 4) is 0 Å². The minimum absolute atomic E-state index is 0.0539. The van der Waals surface area contributed by atoms with Gasteiger partial charge in [0.15, 0.2) is 30.1 Å². The lowest BCUT2D eigenvalue weighted by atomic mass is 10.1. The van der Waals surface area contributed by atoms with Crippen LogP contribution in [0.2, 0.25) is 0 Å². The number of aromatic nitrogens is 4. The van der Waals surface area contributed by atoms with Gasteiger partial charge in [-0.3, -0.25) is 18.4 Å². The van der Waals surface area contributed by atoms with Gasteiger partial charge < -0.3 is 50.2 Å². The maximum atomic E-state index is 12.4. The second-order valence-corrected chi connectivity index (χ2v) is 14.2. The Bertz CT molecular complexity index is 1430. The molecule has 8 N–H and O–H groups in total. The molecule has 2 aromatic rings. The summed E-state index contributed by atoms with van der Waals surface area (Å²) in [7, 11) is -10.7. The van der Waals surface area contributed by atoms with E-state index in [0.29, 0.717) is 6.42 Å². The molecule has 0 saturated carbocycles. The van der Waals surface area contributed by atoms with Gasteiger partial charge in [-0.15, -0.1) is 0 Å². The number of fused-ring (bicyclic) bond motifs is 1. The number of carbonyl (C=O) groups excluding carboxylic acids is 1. The molecule has 4 heterocycles. The van der Waals surface area contributed by atoms with Crippen molar-refractivity contribution in [3.05, 3.63) is 12.7 Å². The number of anilines is 1. The van der Waals surface area contributed by atoms with Crippen molar-refractivity contribution in [1.82, 2.24) is 19.5 Å². The summed E-state index contributed by atoms with van der Waals surface area (Å²) < 4.78 is 55.5. The van der Waals surface area contributed by atoms with Gasteiger partial charge in [0.2, 0.25) is 0 Å². The maximum absolute atomic E-state index is 12.4. The first-order valence-corrected chi connectivity index (χ1v) is 18.0. The minimum atomic E-state index is -5.37. The fraction of sp³-hybridized carbons (Fsp3) is 0.760. The van der Waals surface area contributed by atoms with Crippen molar-refractivity contribution < 1.29 is 71.7 Å². The zero-order valence-corrected chi connectivity index (χ0v) is 27.3. The maximum Gasteiger partial charge on any atom is 0.481 e. The average molecular weight is 714 g/mol. The lowest BCUT2D eigenvalue weighted by Crippen LogP contribution is -2.38.